The van der Waals surface area contributed by atoms with Gasteiger partial charge >= 0.3 is 11.9 Å². The van der Waals surface area contributed by atoms with Crippen LogP contribution in [0, 0.1) is 5.92 Å². The van der Waals surface area contributed by atoms with Crippen molar-refractivity contribution in [2.75, 3.05) is 11.4 Å². The Morgan fingerprint density at radius 2 is 1.95 bits per heavy atom. The van der Waals surface area contributed by atoms with E-state index in [-0.39, 0.29) is 0 Å². The summed E-state index contributed by atoms with van der Waals surface area (Å²) in [5.74, 6) is -2.95. The largest absolute Gasteiger partial charge is 0.481 e. The predicted molar refractivity (Wildman–Crippen MR) is 75.6 cm³/mol. The van der Waals surface area contributed by atoms with Crippen molar-refractivity contribution in [3.8, 4) is 0 Å². The van der Waals surface area contributed by atoms with Gasteiger partial charge in [-0.1, -0.05) is 19.1 Å². The van der Waals surface area contributed by atoms with Crippen molar-refractivity contribution in [3.05, 3.63) is 29.8 Å². The molecule has 0 radical (unpaired) electrons. The number of fused-ring (bicyclic) bond motifs is 1. The van der Waals surface area contributed by atoms with Gasteiger partial charge in [-0.25, -0.2) is 4.79 Å². The Hall–Kier alpha value is -2.37. The first-order valence-corrected chi connectivity index (χ1v) is 6.79. The first-order chi connectivity index (χ1) is 9.93. The maximum Gasteiger partial charge on any atom is 0.334 e. The lowest BCUT2D eigenvalue weighted by Crippen LogP contribution is -2.42. The summed E-state index contributed by atoms with van der Waals surface area (Å²) in [6.07, 6.45) is 0.952. The molecular formula is C15H17NO5. The number of para-hydroxylation sites is 1. The Bertz CT molecular complexity index is 583. The minimum atomic E-state index is -1.21. The summed E-state index contributed by atoms with van der Waals surface area (Å²) in [4.78, 5) is 35.8. The fourth-order valence-electron chi connectivity index (χ4n) is 2.55. The van der Waals surface area contributed by atoms with Gasteiger partial charge in [-0.2, -0.15) is 0 Å². The summed E-state index contributed by atoms with van der Waals surface area (Å²) in [6, 6.07) is 5.58. The van der Waals surface area contributed by atoms with Crippen molar-refractivity contribution < 1.29 is 24.6 Å². The molecular weight excluding hydrogens is 274 g/mol. The minimum absolute atomic E-state index is 0.345. The molecule has 112 valence electrons. The van der Waals surface area contributed by atoms with Gasteiger partial charge in [0, 0.05) is 17.8 Å². The molecule has 0 spiro atoms. The number of carbonyl (C=O) groups excluding carboxylic acids is 1. The Kier molecular flexibility index (Phi) is 4.26. The monoisotopic (exact) mass is 291 g/mol. The number of rotatable bonds is 6. The van der Waals surface area contributed by atoms with E-state index in [2.05, 4.69) is 0 Å². The van der Waals surface area contributed by atoms with Crippen LogP contribution in [0.4, 0.5) is 5.69 Å². The average Bonchev–Trinajstić information content (AvgIpc) is 2.72. The number of Topliss-reactive ketones (excluding diaryl/α,β-unsaturated/α-hetero) is 1. The molecule has 1 aromatic rings. The molecule has 0 fully saturated rings. The van der Waals surface area contributed by atoms with E-state index in [1.54, 1.807) is 36.1 Å². The van der Waals surface area contributed by atoms with E-state index in [9.17, 15) is 19.5 Å². The third kappa shape index (κ3) is 2.89. The van der Waals surface area contributed by atoms with Gasteiger partial charge in [0.25, 0.3) is 0 Å². The third-order valence-electron chi connectivity index (χ3n) is 3.73. The molecule has 0 saturated carbocycles. The van der Waals surface area contributed by atoms with E-state index in [1.165, 1.54) is 0 Å². The van der Waals surface area contributed by atoms with Crippen LogP contribution in [0.2, 0.25) is 0 Å². The van der Waals surface area contributed by atoms with Crippen LogP contribution in [0.3, 0.4) is 0 Å². The van der Waals surface area contributed by atoms with E-state index in [0.717, 1.165) is 0 Å². The number of carbonyl (C=O) groups is 3. The highest BCUT2D eigenvalue weighted by Gasteiger charge is 2.41. The molecule has 1 aliphatic rings. The van der Waals surface area contributed by atoms with Crippen LogP contribution >= 0.6 is 0 Å². The molecule has 2 rings (SSSR count). The number of ketones is 1. The molecule has 0 amide bonds. The van der Waals surface area contributed by atoms with Gasteiger partial charge in [0.15, 0.2) is 11.8 Å². The Morgan fingerprint density at radius 3 is 2.57 bits per heavy atom. The molecule has 0 aliphatic carbocycles. The lowest BCUT2D eigenvalue weighted by atomic mass is 10.1. The number of benzene rings is 1. The van der Waals surface area contributed by atoms with Crippen molar-refractivity contribution in [3.63, 3.8) is 0 Å². The summed E-state index contributed by atoms with van der Waals surface area (Å²) in [7, 11) is 0. The minimum Gasteiger partial charge on any atom is -0.481 e. The van der Waals surface area contributed by atoms with Crippen LogP contribution in [-0.4, -0.2) is 40.5 Å². The summed E-state index contributed by atoms with van der Waals surface area (Å²) < 4.78 is 0. The lowest BCUT2D eigenvalue weighted by Gasteiger charge is -2.23. The quantitative estimate of drug-likeness (QED) is 0.774. The van der Waals surface area contributed by atoms with Gasteiger partial charge < -0.3 is 15.1 Å². The predicted octanol–water partition coefficient (Wildman–Crippen LogP) is 1.64. The maximum absolute atomic E-state index is 12.1. The van der Waals surface area contributed by atoms with Gasteiger partial charge in [-0.3, -0.25) is 9.59 Å². The molecule has 0 unspecified atom stereocenters. The van der Waals surface area contributed by atoms with Crippen LogP contribution in [0.1, 0.15) is 30.1 Å². The zero-order chi connectivity index (χ0) is 15.6. The maximum atomic E-state index is 12.1. The smallest absolute Gasteiger partial charge is 0.334 e. The molecule has 0 aromatic heterocycles. The van der Waals surface area contributed by atoms with Gasteiger partial charge in [0.05, 0.1) is 5.92 Å². The fraction of sp³-hybridized carbons (Fsp3) is 0.400. The second kappa shape index (κ2) is 5.95. The van der Waals surface area contributed by atoms with Gasteiger partial charge in [0.1, 0.15) is 0 Å². The number of nitrogens with zero attached hydrogens (tertiary/aromatic N) is 1. The topological polar surface area (TPSA) is 94.9 Å². The van der Waals surface area contributed by atoms with E-state index in [0.29, 0.717) is 30.6 Å². The van der Waals surface area contributed by atoms with Gasteiger partial charge in [-0.05, 0) is 25.0 Å². The van der Waals surface area contributed by atoms with Crippen LogP contribution < -0.4 is 4.90 Å². The summed E-state index contributed by atoms with van der Waals surface area (Å²) >= 11 is 0. The van der Waals surface area contributed by atoms with Crippen LogP contribution in [0.15, 0.2) is 24.3 Å². The normalized spacial score (nSPS) is 18.4. The number of carboxylic acids is 2. The van der Waals surface area contributed by atoms with Crippen molar-refractivity contribution in [2.45, 2.75) is 25.8 Å². The Morgan fingerprint density at radius 1 is 1.29 bits per heavy atom. The summed E-state index contributed by atoms with van der Waals surface area (Å²) in [5, 5.41) is 18.1. The number of anilines is 1. The molecule has 2 atom stereocenters. The molecule has 6 nitrogen and oxygen atoms in total. The third-order valence-corrected chi connectivity index (χ3v) is 3.73. The van der Waals surface area contributed by atoms with Crippen molar-refractivity contribution in [1.82, 2.24) is 0 Å². The molecule has 21 heavy (non-hydrogen) atoms. The molecule has 1 heterocycles. The molecule has 0 bridgehead atoms. The number of hydrogen-bond donors (Lipinski definition) is 2. The molecule has 6 heteroatoms. The highest BCUT2D eigenvalue weighted by atomic mass is 16.4. The molecule has 0 saturated heterocycles. The van der Waals surface area contributed by atoms with Crippen molar-refractivity contribution >= 4 is 23.4 Å². The van der Waals surface area contributed by atoms with Crippen molar-refractivity contribution in [1.29, 1.82) is 0 Å². The molecule has 1 aromatic carbocycles. The van der Waals surface area contributed by atoms with Gasteiger partial charge in [-0.15, -0.1) is 0 Å². The second-order valence-electron chi connectivity index (χ2n) is 5.20. The Labute approximate surface area is 122 Å². The standard InChI is InChI=1S/C15H17NO5/c1-9(14(18)19)5-4-8-16-11-7-3-2-6-10(11)13(17)12(16)15(20)21/h2-3,6-7,9,12H,4-5,8H2,1H3,(H,18,19)(H,20,21)/t9-,12-/m1/s1. The highest BCUT2D eigenvalue weighted by molar-refractivity contribution is 6.20. The first kappa shape index (κ1) is 15.0. The lowest BCUT2D eigenvalue weighted by molar-refractivity contribution is -0.141. The van der Waals surface area contributed by atoms with E-state index in [4.69, 9.17) is 5.11 Å². The van der Waals surface area contributed by atoms with Gasteiger partial charge in [0.2, 0.25) is 0 Å². The van der Waals surface area contributed by atoms with Crippen LogP contribution in [0.5, 0.6) is 0 Å². The second-order valence-corrected chi connectivity index (χ2v) is 5.20. The first-order valence-electron chi connectivity index (χ1n) is 6.79. The average molecular weight is 291 g/mol. The number of carboxylic acid groups (broad SMARTS) is 2. The summed E-state index contributed by atoms with van der Waals surface area (Å²) in [6.45, 7) is 1.96. The fourth-order valence-corrected chi connectivity index (χ4v) is 2.55. The zero-order valence-corrected chi connectivity index (χ0v) is 11.7. The van der Waals surface area contributed by atoms with Crippen molar-refractivity contribution in [2.24, 2.45) is 5.92 Å². The Balaban J connectivity index is 2.14. The zero-order valence-electron chi connectivity index (χ0n) is 11.7. The van der Waals surface area contributed by atoms with E-state index < -0.39 is 29.7 Å². The number of hydrogen-bond acceptors (Lipinski definition) is 4. The van der Waals surface area contributed by atoms with Crippen LogP contribution in [0.25, 0.3) is 0 Å². The molecule has 2 N–H and O–H groups in total. The molecule has 1 aliphatic heterocycles. The van der Waals surface area contributed by atoms with E-state index >= 15 is 0 Å². The van der Waals surface area contributed by atoms with Crippen LogP contribution in [-0.2, 0) is 9.59 Å². The SMILES string of the molecule is C[C@H](CCCN1c2ccccc2C(=O)[C@@H]1C(=O)O)C(=O)O. The number of aliphatic carboxylic acids is 2. The van der Waals surface area contributed by atoms with E-state index in [1.807, 2.05) is 0 Å². The summed E-state index contributed by atoms with van der Waals surface area (Å²) in [5.41, 5.74) is 1.02. The highest BCUT2D eigenvalue weighted by Crippen LogP contribution is 2.32.